The third-order valence-electron chi connectivity index (χ3n) is 2.71. The fourth-order valence-corrected chi connectivity index (χ4v) is 1.30. The van der Waals surface area contributed by atoms with Crippen LogP contribution in [0.4, 0.5) is 10.5 Å². The number of amides is 1. The van der Waals surface area contributed by atoms with E-state index in [1.165, 1.54) is 4.90 Å². The molecule has 1 aromatic carbocycles. The molecular weight excluding hydrogens is 324 g/mol. The number of hydrogen-bond donors (Lipinski definition) is 0. The third kappa shape index (κ3) is 8.50. The lowest BCUT2D eigenvalue weighted by molar-refractivity contribution is 0.171. The molecule has 0 unspecified atom stereocenters. The minimum absolute atomic E-state index is 0.355. The Hall–Kier alpha value is -1.68. The van der Waals surface area contributed by atoms with Crippen molar-refractivity contribution in [2.75, 3.05) is 42.3 Å². The van der Waals surface area contributed by atoms with E-state index in [9.17, 15) is 17.8 Å². The van der Waals surface area contributed by atoms with Gasteiger partial charge in [-0.1, -0.05) is 0 Å². The number of aryl methyl sites for hydroxylation is 1. The van der Waals surface area contributed by atoms with E-state index in [0.717, 1.165) is 18.4 Å². The molecule has 0 aromatic heterocycles. The SMILES string of the molecule is COS(=O)(=O)[O-].Cc1ccc([N+](C)(C)C)cc1OC(=O)N(C)C. The van der Waals surface area contributed by atoms with Gasteiger partial charge in [0.15, 0.2) is 0 Å². The van der Waals surface area contributed by atoms with Crippen LogP contribution in [-0.2, 0) is 14.6 Å². The van der Waals surface area contributed by atoms with Gasteiger partial charge >= 0.3 is 6.09 Å². The highest BCUT2D eigenvalue weighted by atomic mass is 32.3. The Labute approximate surface area is 137 Å². The topological polar surface area (TPSA) is 96.0 Å². The lowest BCUT2D eigenvalue weighted by atomic mass is 10.2. The Bertz CT molecular complexity index is 635. The molecule has 8 nitrogen and oxygen atoms in total. The second kappa shape index (κ2) is 8.25. The lowest BCUT2D eigenvalue weighted by Gasteiger charge is -2.24. The van der Waals surface area contributed by atoms with E-state index in [-0.39, 0.29) is 6.09 Å². The molecule has 0 bridgehead atoms. The Morgan fingerprint density at radius 2 is 1.70 bits per heavy atom. The van der Waals surface area contributed by atoms with Gasteiger partial charge in [0.25, 0.3) is 0 Å². The average molecular weight is 348 g/mol. The molecule has 1 aromatic rings. The zero-order chi connectivity index (χ0) is 18.4. The minimum Gasteiger partial charge on any atom is -0.726 e. The molecular formula is C14H24N2O6S. The van der Waals surface area contributed by atoms with Crippen LogP contribution in [0.5, 0.6) is 5.75 Å². The predicted molar refractivity (Wildman–Crippen MR) is 87.2 cm³/mol. The van der Waals surface area contributed by atoms with Gasteiger partial charge in [0.1, 0.15) is 11.4 Å². The fraction of sp³-hybridized carbons (Fsp3) is 0.500. The van der Waals surface area contributed by atoms with Crippen LogP contribution in [0.15, 0.2) is 18.2 Å². The van der Waals surface area contributed by atoms with Crippen LogP contribution < -0.4 is 9.22 Å². The van der Waals surface area contributed by atoms with E-state index in [4.69, 9.17) is 4.74 Å². The zero-order valence-electron chi connectivity index (χ0n) is 14.5. The highest BCUT2D eigenvalue weighted by Gasteiger charge is 2.16. The minimum atomic E-state index is -4.41. The van der Waals surface area contributed by atoms with Gasteiger partial charge in [-0.2, -0.15) is 0 Å². The molecule has 23 heavy (non-hydrogen) atoms. The molecule has 0 saturated heterocycles. The summed E-state index contributed by atoms with van der Waals surface area (Å²) in [6, 6.07) is 5.93. The van der Waals surface area contributed by atoms with Crippen molar-refractivity contribution < 1.29 is 26.7 Å². The maximum absolute atomic E-state index is 11.5. The van der Waals surface area contributed by atoms with E-state index in [1.54, 1.807) is 14.1 Å². The molecule has 0 N–H and O–H groups in total. The van der Waals surface area contributed by atoms with E-state index < -0.39 is 10.4 Å². The average Bonchev–Trinajstić information content (AvgIpc) is 2.39. The number of carbonyl (C=O) groups is 1. The number of hydrogen-bond acceptors (Lipinski definition) is 6. The summed E-state index contributed by atoms with van der Waals surface area (Å²) in [6.07, 6.45) is -0.355. The number of benzene rings is 1. The van der Waals surface area contributed by atoms with Gasteiger partial charge in [0.2, 0.25) is 10.4 Å². The van der Waals surface area contributed by atoms with E-state index >= 15 is 0 Å². The number of carbonyl (C=O) groups excluding carboxylic acids is 1. The quantitative estimate of drug-likeness (QED) is 0.465. The Kier molecular flexibility index (Phi) is 7.65. The molecule has 0 aliphatic rings. The van der Waals surface area contributed by atoms with Gasteiger partial charge in [-0.05, 0) is 24.6 Å². The summed E-state index contributed by atoms with van der Waals surface area (Å²) < 4.78 is 37.0. The normalized spacial score (nSPS) is 11.3. The summed E-state index contributed by atoms with van der Waals surface area (Å²) in [5.74, 6) is 0.620. The first-order valence-corrected chi connectivity index (χ1v) is 7.94. The first-order chi connectivity index (χ1) is 10.3. The predicted octanol–water partition coefficient (Wildman–Crippen LogP) is 1.35. The van der Waals surface area contributed by atoms with Crippen LogP contribution in [0.25, 0.3) is 0 Å². The lowest BCUT2D eigenvalue weighted by Crippen LogP contribution is -2.34. The molecule has 0 aliphatic carbocycles. The third-order valence-corrected chi connectivity index (χ3v) is 3.12. The van der Waals surface area contributed by atoms with Crippen molar-refractivity contribution in [2.45, 2.75) is 6.92 Å². The van der Waals surface area contributed by atoms with Crippen LogP contribution in [0.2, 0.25) is 0 Å². The van der Waals surface area contributed by atoms with E-state index in [2.05, 4.69) is 25.3 Å². The molecule has 0 spiro atoms. The van der Waals surface area contributed by atoms with Crippen LogP contribution in [0.3, 0.4) is 0 Å². The summed E-state index contributed by atoms with van der Waals surface area (Å²) >= 11 is 0. The first kappa shape index (κ1) is 21.3. The molecule has 1 amide bonds. The standard InChI is InChI=1S/C13H21N2O2.CH4O4S/c1-10-7-8-11(15(4,5)6)9-12(10)17-13(16)14(2)3;1-5-6(2,3)4/h7-9H,1-6H3;1H3,(H,2,3,4)/q+1;/p-1. The highest BCUT2D eigenvalue weighted by molar-refractivity contribution is 7.80. The first-order valence-electron chi connectivity index (χ1n) is 6.61. The largest absolute Gasteiger partial charge is 0.726 e. The van der Waals surface area contributed by atoms with Crippen molar-refractivity contribution in [2.24, 2.45) is 0 Å². The van der Waals surface area contributed by atoms with Crippen molar-refractivity contribution in [3.05, 3.63) is 23.8 Å². The van der Waals surface area contributed by atoms with Crippen molar-refractivity contribution >= 4 is 22.2 Å². The van der Waals surface area contributed by atoms with Crippen LogP contribution >= 0.6 is 0 Å². The summed E-state index contributed by atoms with van der Waals surface area (Å²) in [6.45, 7) is 1.93. The fourth-order valence-electron chi connectivity index (χ4n) is 1.30. The van der Waals surface area contributed by atoms with Crippen molar-refractivity contribution in [3.63, 3.8) is 0 Å². The maximum atomic E-state index is 11.5. The second-order valence-electron chi connectivity index (χ2n) is 5.80. The monoisotopic (exact) mass is 348 g/mol. The molecule has 0 heterocycles. The van der Waals surface area contributed by atoms with E-state index in [1.807, 2.05) is 25.1 Å². The molecule has 132 valence electrons. The van der Waals surface area contributed by atoms with Gasteiger partial charge in [0, 0.05) is 20.2 Å². The maximum Gasteiger partial charge on any atom is 0.414 e. The van der Waals surface area contributed by atoms with Crippen LogP contribution in [-0.4, -0.2) is 66.3 Å². The number of quaternary nitrogens is 1. The Morgan fingerprint density at radius 1 is 1.22 bits per heavy atom. The number of nitrogens with zero attached hydrogens (tertiary/aromatic N) is 2. The van der Waals surface area contributed by atoms with Gasteiger partial charge in [-0.15, -0.1) is 0 Å². The van der Waals surface area contributed by atoms with Gasteiger partial charge in [-0.25, -0.2) is 13.2 Å². The highest BCUT2D eigenvalue weighted by Crippen LogP contribution is 2.26. The van der Waals surface area contributed by atoms with Crippen molar-refractivity contribution in [1.82, 2.24) is 9.38 Å². The summed E-state index contributed by atoms with van der Waals surface area (Å²) in [4.78, 5) is 12.9. The van der Waals surface area contributed by atoms with Crippen molar-refractivity contribution in [3.8, 4) is 5.75 Å². The molecule has 0 aliphatic heterocycles. The summed E-state index contributed by atoms with van der Waals surface area (Å²) in [5.41, 5.74) is 2.05. The number of rotatable bonds is 3. The Balaban J connectivity index is 0.000000688. The van der Waals surface area contributed by atoms with Crippen molar-refractivity contribution in [1.29, 1.82) is 0 Å². The zero-order valence-corrected chi connectivity index (χ0v) is 15.3. The van der Waals surface area contributed by atoms with Crippen LogP contribution in [0.1, 0.15) is 5.56 Å². The van der Waals surface area contributed by atoms with Gasteiger partial charge in [-0.3, -0.25) is 8.67 Å². The van der Waals surface area contributed by atoms with Gasteiger partial charge < -0.3 is 14.2 Å². The smallest absolute Gasteiger partial charge is 0.414 e. The molecule has 0 radical (unpaired) electrons. The second-order valence-corrected chi connectivity index (χ2v) is 6.95. The molecule has 9 heteroatoms. The van der Waals surface area contributed by atoms with Gasteiger partial charge in [0.05, 0.1) is 28.3 Å². The summed E-state index contributed by atoms with van der Waals surface area (Å²) in [7, 11) is 5.95. The van der Waals surface area contributed by atoms with E-state index in [0.29, 0.717) is 10.2 Å². The molecule has 0 saturated carbocycles. The van der Waals surface area contributed by atoms with Crippen LogP contribution in [0, 0.1) is 6.92 Å². The molecule has 0 atom stereocenters. The molecule has 1 rings (SSSR count). The number of ether oxygens (including phenoxy) is 1. The molecule has 0 fully saturated rings. The Morgan fingerprint density at radius 3 is 2.04 bits per heavy atom. The summed E-state index contributed by atoms with van der Waals surface area (Å²) in [5, 5.41) is 0.